The predicted octanol–water partition coefficient (Wildman–Crippen LogP) is 6.53. The number of anilines is 2. The number of para-hydroxylation sites is 1. The zero-order valence-corrected chi connectivity index (χ0v) is 22.8. The number of hydrogen-bond donors (Lipinski definition) is 3. The Morgan fingerprint density at radius 3 is 2.61 bits per heavy atom. The Bertz CT molecular complexity index is 1410. The van der Waals surface area contributed by atoms with Gasteiger partial charge in [0.2, 0.25) is 5.91 Å². The van der Waals surface area contributed by atoms with Crippen molar-refractivity contribution >= 4 is 62.2 Å². The van der Waals surface area contributed by atoms with Gasteiger partial charge in [-0.3, -0.25) is 9.59 Å². The number of thiophene rings is 1. The van der Waals surface area contributed by atoms with Crippen LogP contribution in [0.4, 0.5) is 11.4 Å². The van der Waals surface area contributed by atoms with Gasteiger partial charge in [-0.15, -0.1) is 11.3 Å². The van der Waals surface area contributed by atoms with Gasteiger partial charge in [-0.05, 0) is 55.1 Å². The Balaban J connectivity index is 1.59. The lowest BCUT2D eigenvalue weighted by atomic mass is 9.86. The number of halogens is 1. The maximum atomic E-state index is 13.5. The molecule has 1 atom stereocenters. The van der Waals surface area contributed by atoms with Gasteiger partial charge in [0, 0.05) is 32.0 Å². The van der Waals surface area contributed by atoms with Crippen molar-refractivity contribution in [3.63, 3.8) is 0 Å². The van der Waals surface area contributed by atoms with Crippen molar-refractivity contribution in [2.75, 3.05) is 16.4 Å². The Kier molecular flexibility index (Phi) is 8.31. The van der Waals surface area contributed by atoms with E-state index in [1.807, 2.05) is 79.9 Å². The molecule has 4 rings (SSSR count). The first kappa shape index (κ1) is 25.8. The minimum Gasteiger partial charge on any atom is -0.353 e. The fraction of sp³-hybridized carbons (Fsp3) is 0.148. The van der Waals surface area contributed by atoms with Crippen molar-refractivity contribution < 1.29 is 9.59 Å². The second-order valence-electron chi connectivity index (χ2n) is 8.08. The van der Waals surface area contributed by atoms with Crippen LogP contribution in [0.5, 0.6) is 0 Å². The highest BCUT2D eigenvalue weighted by Crippen LogP contribution is 2.42. The lowest BCUT2D eigenvalue weighted by Crippen LogP contribution is -2.31. The van der Waals surface area contributed by atoms with E-state index in [1.165, 1.54) is 23.1 Å². The highest BCUT2D eigenvalue weighted by atomic mass is 79.9. The van der Waals surface area contributed by atoms with Gasteiger partial charge in [0.15, 0.2) is 0 Å². The molecule has 1 aromatic heterocycles. The topological polar surface area (TPSA) is 94.0 Å². The second kappa shape index (κ2) is 11.6. The molecule has 0 saturated heterocycles. The maximum absolute atomic E-state index is 13.5. The molecular weight excluding hydrogens is 556 g/mol. The summed E-state index contributed by atoms with van der Waals surface area (Å²) in [7, 11) is 0. The molecule has 0 saturated carbocycles. The first-order valence-corrected chi connectivity index (χ1v) is 13.7. The number of allylic oxidation sites excluding steroid dienone is 2. The minimum atomic E-state index is -0.532. The third-order valence-corrected chi connectivity index (χ3v) is 8.02. The van der Waals surface area contributed by atoms with Crippen molar-refractivity contribution in [2.45, 2.75) is 19.8 Å². The second-order valence-corrected chi connectivity index (χ2v) is 11.0. The summed E-state index contributed by atoms with van der Waals surface area (Å²) < 4.78 is 0.868. The molecule has 2 heterocycles. The quantitative estimate of drug-likeness (QED) is 0.296. The molecule has 0 unspecified atom stereocenters. The van der Waals surface area contributed by atoms with Gasteiger partial charge in [-0.1, -0.05) is 58.0 Å². The molecule has 0 fully saturated rings. The maximum Gasteiger partial charge on any atom is 0.254 e. The number of nitrogens with one attached hydrogen (secondary N) is 3. The van der Waals surface area contributed by atoms with E-state index in [9.17, 15) is 14.9 Å². The molecule has 0 bridgehead atoms. The lowest BCUT2D eigenvalue weighted by molar-refractivity contribution is -0.114. The normalized spacial score (nSPS) is 15.2. The van der Waals surface area contributed by atoms with Crippen LogP contribution >= 0.6 is 39.0 Å². The minimum absolute atomic E-state index is 0.106. The number of hydrogen-bond acceptors (Lipinski definition) is 6. The van der Waals surface area contributed by atoms with E-state index in [-0.39, 0.29) is 17.6 Å². The van der Waals surface area contributed by atoms with Crippen molar-refractivity contribution in [3.05, 3.63) is 103 Å². The summed E-state index contributed by atoms with van der Waals surface area (Å²) in [6, 6.07) is 21.1. The average Bonchev–Trinajstić information content (AvgIpc) is 3.38. The number of nitrogens with zero attached hydrogens (tertiary/aromatic N) is 1. The summed E-state index contributed by atoms with van der Waals surface area (Å²) in [6.07, 6.45) is 0. The van der Waals surface area contributed by atoms with Crippen LogP contribution in [0, 0.1) is 18.3 Å². The molecule has 36 heavy (non-hydrogen) atoms. The number of nitriles is 1. The Morgan fingerprint density at radius 1 is 1.11 bits per heavy atom. The van der Waals surface area contributed by atoms with Crippen LogP contribution < -0.4 is 16.0 Å². The Hall–Kier alpha value is -3.32. The highest BCUT2D eigenvalue weighted by molar-refractivity contribution is 9.10. The van der Waals surface area contributed by atoms with E-state index < -0.39 is 5.92 Å². The molecule has 0 spiro atoms. The summed E-state index contributed by atoms with van der Waals surface area (Å²) in [5.41, 5.74) is 3.90. The van der Waals surface area contributed by atoms with E-state index in [0.29, 0.717) is 27.6 Å². The largest absolute Gasteiger partial charge is 0.353 e. The number of rotatable bonds is 7. The van der Waals surface area contributed by atoms with Crippen molar-refractivity contribution in [3.8, 4) is 6.07 Å². The number of amides is 2. The summed E-state index contributed by atoms with van der Waals surface area (Å²) in [5, 5.41) is 21.8. The molecule has 6 nitrogen and oxygen atoms in total. The SMILES string of the molecule is CC1=C(C(=O)Nc2ccccc2C)[C@H](c2cccs2)C(C#N)=C(SCC(=O)Nc2cccc(Br)c2)N1. The molecule has 3 N–H and O–H groups in total. The predicted molar refractivity (Wildman–Crippen MR) is 151 cm³/mol. The molecule has 1 aliphatic heterocycles. The van der Waals surface area contributed by atoms with Crippen molar-refractivity contribution in [1.82, 2.24) is 5.32 Å². The third kappa shape index (κ3) is 5.90. The molecule has 0 aliphatic carbocycles. The molecule has 182 valence electrons. The summed E-state index contributed by atoms with van der Waals surface area (Å²) in [5.74, 6) is -0.884. The molecular formula is C27H23BrN4O2S2. The average molecular weight is 580 g/mol. The molecule has 2 aromatic carbocycles. The van der Waals surface area contributed by atoms with E-state index in [2.05, 4.69) is 37.9 Å². The first-order chi connectivity index (χ1) is 17.4. The van der Waals surface area contributed by atoms with E-state index in [1.54, 1.807) is 0 Å². The number of dihydropyridines is 1. The monoisotopic (exact) mass is 578 g/mol. The van der Waals surface area contributed by atoms with Gasteiger partial charge in [0.05, 0.1) is 28.3 Å². The fourth-order valence-corrected chi connectivity index (χ4v) is 6.01. The van der Waals surface area contributed by atoms with Gasteiger partial charge >= 0.3 is 0 Å². The zero-order chi connectivity index (χ0) is 25.7. The van der Waals surface area contributed by atoms with E-state index in [4.69, 9.17) is 0 Å². The zero-order valence-electron chi connectivity index (χ0n) is 19.6. The fourth-order valence-electron chi connectivity index (χ4n) is 3.87. The smallest absolute Gasteiger partial charge is 0.254 e. The van der Waals surface area contributed by atoms with E-state index in [0.717, 1.165) is 20.6 Å². The van der Waals surface area contributed by atoms with Crippen LogP contribution in [0.3, 0.4) is 0 Å². The number of benzene rings is 2. The Morgan fingerprint density at radius 2 is 1.92 bits per heavy atom. The molecule has 0 radical (unpaired) electrons. The molecule has 1 aliphatic rings. The van der Waals surface area contributed by atoms with Crippen molar-refractivity contribution in [1.29, 1.82) is 5.26 Å². The van der Waals surface area contributed by atoms with Crippen LogP contribution in [-0.2, 0) is 9.59 Å². The van der Waals surface area contributed by atoms with Gasteiger partial charge in [-0.2, -0.15) is 5.26 Å². The summed E-state index contributed by atoms with van der Waals surface area (Å²) >= 11 is 6.14. The summed E-state index contributed by atoms with van der Waals surface area (Å²) in [6.45, 7) is 3.75. The van der Waals surface area contributed by atoms with Crippen LogP contribution in [0.25, 0.3) is 0 Å². The number of carbonyl (C=O) groups is 2. The van der Waals surface area contributed by atoms with Crippen LogP contribution in [0.15, 0.2) is 92.4 Å². The van der Waals surface area contributed by atoms with Crippen LogP contribution in [-0.4, -0.2) is 17.6 Å². The molecule has 3 aromatic rings. The molecule has 2 amide bonds. The standard InChI is InChI=1S/C27H23BrN4O2S2/c1-16-7-3-4-10-21(16)32-26(34)24-17(2)30-27(20(14-29)25(24)22-11-6-12-35-22)36-15-23(33)31-19-9-5-8-18(28)13-19/h3-13,25,30H,15H2,1-2H3,(H,31,33)(H,32,34)/t25-/m0/s1. The van der Waals surface area contributed by atoms with Gasteiger partial charge in [0.25, 0.3) is 5.91 Å². The van der Waals surface area contributed by atoms with Crippen molar-refractivity contribution in [2.24, 2.45) is 0 Å². The van der Waals surface area contributed by atoms with Gasteiger partial charge in [0.1, 0.15) is 0 Å². The first-order valence-electron chi connectivity index (χ1n) is 11.1. The number of carbonyl (C=O) groups excluding carboxylic acids is 2. The molecule has 9 heteroatoms. The summed E-state index contributed by atoms with van der Waals surface area (Å²) in [4.78, 5) is 27.0. The van der Waals surface area contributed by atoms with Gasteiger partial charge in [-0.25, -0.2) is 0 Å². The highest BCUT2D eigenvalue weighted by Gasteiger charge is 2.35. The number of aryl methyl sites for hydroxylation is 1. The van der Waals surface area contributed by atoms with E-state index >= 15 is 0 Å². The van der Waals surface area contributed by atoms with Crippen LogP contribution in [0.1, 0.15) is 23.3 Å². The van der Waals surface area contributed by atoms with Crippen LogP contribution in [0.2, 0.25) is 0 Å². The van der Waals surface area contributed by atoms with Gasteiger partial charge < -0.3 is 16.0 Å². The Labute approximate surface area is 226 Å². The number of thioether (sulfide) groups is 1. The lowest BCUT2D eigenvalue weighted by Gasteiger charge is -2.29. The third-order valence-electron chi connectivity index (χ3n) is 5.57.